The number of aliphatic hydroxyl groups is 1. The minimum Gasteiger partial charge on any atom is -0.396 e. The van der Waals surface area contributed by atoms with E-state index < -0.39 is 10.0 Å². The van der Waals surface area contributed by atoms with Crippen molar-refractivity contribution in [3.8, 4) is 0 Å². The lowest BCUT2D eigenvalue weighted by molar-refractivity contribution is 0.0944. The van der Waals surface area contributed by atoms with Gasteiger partial charge in [-0.3, -0.25) is 4.79 Å². The van der Waals surface area contributed by atoms with Gasteiger partial charge in [0.05, 0.1) is 0 Å². The maximum atomic E-state index is 11.8. The van der Waals surface area contributed by atoms with Crippen molar-refractivity contribution in [2.75, 3.05) is 20.2 Å². The number of rotatable bonds is 7. The van der Waals surface area contributed by atoms with Crippen LogP contribution in [0, 0.1) is 0 Å². The van der Waals surface area contributed by atoms with E-state index in [1.54, 1.807) is 7.05 Å². The fraction of sp³-hybridized carbons (Fsp3) is 0.545. The van der Waals surface area contributed by atoms with Gasteiger partial charge in [-0.05, 0) is 26.0 Å². The lowest BCUT2D eigenvalue weighted by atomic mass is 10.3. The highest BCUT2D eigenvalue weighted by Crippen LogP contribution is 2.12. The van der Waals surface area contributed by atoms with Crippen molar-refractivity contribution >= 4 is 15.9 Å². The zero-order valence-corrected chi connectivity index (χ0v) is 11.8. The third-order valence-electron chi connectivity index (χ3n) is 2.66. The lowest BCUT2D eigenvalue weighted by Crippen LogP contribution is -2.26. The Bertz CT molecular complexity index is 536. The number of sulfonamides is 1. The Labute approximate surface area is 112 Å². The van der Waals surface area contributed by atoms with Gasteiger partial charge >= 0.3 is 0 Å². The van der Waals surface area contributed by atoms with Crippen LogP contribution in [0.1, 0.15) is 23.3 Å². The van der Waals surface area contributed by atoms with Crippen molar-refractivity contribution in [1.29, 1.82) is 0 Å². The summed E-state index contributed by atoms with van der Waals surface area (Å²) in [6.07, 6.45) is 2.68. The average Bonchev–Trinajstić information content (AvgIpc) is 2.77. The minimum absolute atomic E-state index is 0.0537. The third-order valence-corrected chi connectivity index (χ3v) is 4.04. The lowest BCUT2D eigenvalue weighted by Gasteiger charge is -2.04. The molecule has 1 rings (SSSR count). The number of aromatic nitrogens is 1. The summed E-state index contributed by atoms with van der Waals surface area (Å²) in [5, 5.41) is 11.3. The molecule has 8 heteroatoms. The van der Waals surface area contributed by atoms with Crippen LogP contribution in [0.25, 0.3) is 0 Å². The van der Waals surface area contributed by atoms with Crippen LogP contribution in [0.2, 0.25) is 0 Å². The minimum atomic E-state index is -3.55. The highest BCUT2D eigenvalue weighted by atomic mass is 32.2. The summed E-state index contributed by atoms with van der Waals surface area (Å²) in [5.74, 6) is -0.335. The fourth-order valence-corrected chi connectivity index (χ4v) is 2.35. The van der Waals surface area contributed by atoms with Crippen LogP contribution in [-0.4, -0.2) is 44.2 Å². The second-order valence-corrected chi connectivity index (χ2v) is 5.95. The maximum Gasteiger partial charge on any atom is 0.267 e. The Kier molecular flexibility index (Phi) is 5.52. The van der Waals surface area contributed by atoms with Crippen molar-refractivity contribution in [2.24, 2.45) is 7.05 Å². The first-order valence-corrected chi connectivity index (χ1v) is 7.39. The molecule has 0 unspecified atom stereocenters. The van der Waals surface area contributed by atoms with Crippen LogP contribution >= 0.6 is 0 Å². The van der Waals surface area contributed by atoms with E-state index in [1.807, 2.05) is 0 Å². The zero-order valence-electron chi connectivity index (χ0n) is 11.0. The fourth-order valence-electron chi connectivity index (χ4n) is 1.55. The molecule has 1 heterocycles. The van der Waals surface area contributed by atoms with Crippen LogP contribution in [0.15, 0.2) is 17.2 Å². The number of carbonyl (C=O) groups excluding carboxylic acids is 1. The van der Waals surface area contributed by atoms with Crippen molar-refractivity contribution < 1.29 is 18.3 Å². The Morgan fingerprint density at radius 3 is 2.68 bits per heavy atom. The van der Waals surface area contributed by atoms with Crippen LogP contribution < -0.4 is 10.0 Å². The summed E-state index contributed by atoms with van der Waals surface area (Å²) < 4.78 is 26.9. The molecule has 108 valence electrons. The molecule has 1 aromatic heterocycles. The summed E-state index contributed by atoms with van der Waals surface area (Å²) in [7, 11) is -0.622. The van der Waals surface area contributed by atoms with Gasteiger partial charge in [-0.1, -0.05) is 0 Å². The van der Waals surface area contributed by atoms with Gasteiger partial charge < -0.3 is 15.0 Å². The number of nitrogens with zero attached hydrogens (tertiary/aromatic N) is 1. The quantitative estimate of drug-likeness (QED) is 0.585. The Balaban J connectivity index is 2.76. The number of aliphatic hydroxyl groups excluding tert-OH is 1. The number of hydrogen-bond acceptors (Lipinski definition) is 4. The Morgan fingerprint density at radius 2 is 2.11 bits per heavy atom. The van der Waals surface area contributed by atoms with Crippen molar-refractivity contribution in [2.45, 2.75) is 17.7 Å². The number of amides is 1. The number of nitrogens with one attached hydrogen (secondary N) is 2. The second kappa shape index (κ2) is 6.69. The zero-order chi connectivity index (χ0) is 14.5. The molecule has 0 saturated carbocycles. The molecule has 0 saturated heterocycles. The maximum absolute atomic E-state index is 11.8. The van der Waals surface area contributed by atoms with Crippen LogP contribution in [-0.2, 0) is 17.1 Å². The largest absolute Gasteiger partial charge is 0.396 e. The predicted octanol–water partition coefficient (Wildman–Crippen LogP) is -0.564. The Morgan fingerprint density at radius 1 is 1.42 bits per heavy atom. The standard InChI is InChI=1S/C11H19N3O4S/c1-12-19(17,18)9-7-10(14(2)8-9)11(16)13-5-3-4-6-15/h7-8,12,15H,3-6H2,1-2H3,(H,13,16). The molecule has 0 atom stereocenters. The van der Waals surface area contributed by atoms with E-state index in [4.69, 9.17) is 5.11 Å². The molecule has 1 aromatic rings. The van der Waals surface area contributed by atoms with Gasteiger partial charge in [-0.15, -0.1) is 0 Å². The normalized spacial score (nSPS) is 11.5. The van der Waals surface area contributed by atoms with Gasteiger partial charge in [-0.25, -0.2) is 13.1 Å². The molecule has 3 N–H and O–H groups in total. The molecular formula is C11H19N3O4S. The summed E-state index contributed by atoms with van der Waals surface area (Å²) >= 11 is 0. The third kappa shape index (κ3) is 4.05. The van der Waals surface area contributed by atoms with Crippen molar-refractivity contribution in [1.82, 2.24) is 14.6 Å². The monoisotopic (exact) mass is 289 g/mol. The molecule has 19 heavy (non-hydrogen) atoms. The van der Waals surface area contributed by atoms with Gasteiger partial charge in [0, 0.05) is 26.4 Å². The van der Waals surface area contributed by atoms with Gasteiger partial charge in [0.2, 0.25) is 10.0 Å². The van der Waals surface area contributed by atoms with Gasteiger partial charge in [0.25, 0.3) is 5.91 Å². The number of aryl methyl sites for hydroxylation is 1. The van der Waals surface area contributed by atoms with Crippen molar-refractivity contribution in [3.05, 3.63) is 18.0 Å². The molecule has 0 aliphatic heterocycles. The predicted molar refractivity (Wildman–Crippen MR) is 70.3 cm³/mol. The van der Waals surface area contributed by atoms with E-state index in [1.165, 1.54) is 23.9 Å². The molecule has 0 aliphatic rings. The van der Waals surface area contributed by atoms with Gasteiger partial charge in [0.15, 0.2) is 0 Å². The average molecular weight is 289 g/mol. The molecule has 1 amide bonds. The van der Waals surface area contributed by atoms with Gasteiger partial charge in [-0.2, -0.15) is 0 Å². The summed E-state index contributed by atoms with van der Waals surface area (Å²) in [4.78, 5) is 11.9. The first kappa shape index (κ1) is 15.7. The van der Waals surface area contributed by atoms with Crippen LogP contribution in [0.3, 0.4) is 0 Å². The van der Waals surface area contributed by atoms with E-state index in [9.17, 15) is 13.2 Å². The molecule has 0 fully saturated rings. The van der Waals surface area contributed by atoms with E-state index in [2.05, 4.69) is 10.0 Å². The smallest absolute Gasteiger partial charge is 0.267 e. The number of hydrogen-bond donors (Lipinski definition) is 3. The molecule has 7 nitrogen and oxygen atoms in total. The molecule has 0 aromatic carbocycles. The molecule has 0 radical (unpaired) electrons. The topological polar surface area (TPSA) is 100 Å². The molecule has 0 aliphatic carbocycles. The van der Waals surface area contributed by atoms with E-state index in [-0.39, 0.29) is 23.1 Å². The SMILES string of the molecule is CNS(=O)(=O)c1cc(C(=O)NCCCCO)n(C)c1. The number of carbonyl (C=O) groups is 1. The molecule has 0 bridgehead atoms. The van der Waals surface area contributed by atoms with E-state index in [0.717, 1.165) is 0 Å². The highest BCUT2D eigenvalue weighted by Gasteiger charge is 2.18. The van der Waals surface area contributed by atoms with Crippen LogP contribution in [0.4, 0.5) is 0 Å². The Hall–Kier alpha value is -1.38. The highest BCUT2D eigenvalue weighted by molar-refractivity contribution is 7.89. The summed E-state index contributed by atoms with van der Waals surface area (Å²) in [6, 6.07) is 1.33. The van der Waals surface area contributed by atoms with Crippen LogP contribution in [0.5, 0.6) is 0 Å². The summed E-state index contributed by atoms with van der Waals surface area (Å²) in [5.41, 5.74) is 0.276. The first-order chi connectivity index (χ1) is 8.92. The second-order valence-electron chi connectivity index (χ2n) is 4.07. The number of unbranched alkanes of at least 4 members (excludes halogenated alkanes) is 1. The van der Waals surface area contributed by atoms with E-state index >= 15 is 0 Å². The summed E-state index contributed by atoms with van der Waals surface area (Å²) in [6.45, 7) is 0.531. The van der Waals surface area contributed by atoms with Crippen molar-refractivity contribution in [3.63, 3.8) is 0 Å². The molecule has 0 spiro atoms. The molecular weight excluding hydrogens is 270 g/mol. The van der Waals surface area contributed by atoms with E-state index in [0.29, 0.717) is 19.4 Å². The first-order valence-electron chi connectivity index (χ1n) is 5.91. The van der Waals surface area contributed by atoms with Gasteiger partial charge in [0.1, 0.15) is 10.6 Å².